The molecule has 0 bridgehead atoms. The van der Waals surface area contributed by atoms with Crippen LogP contribution < -0.4 is 26.0 Å². The molecule has 4 atom stereocenters. The van der Waals surface area contributed by atoms with Gasteiger partial charge in [0.05, 0.1) is 13.5 Å². The summed E-state index contributed by atoms with van der Waals surface area (Å²) in [6, 6.07) is 5.81. The second-order valence-electron chi connectivity index (χ2n) is 10.9. The Bertz CT molecular complexity index is 1600. The zero-order valence-electron chi connectivity index (χ0n) is 26.0. The van der Waals surface area contributed by atoms with E-state index in [0.717, 1.165) is 0 Å². The number of rotatable bonds is 15. The van der Waals surface area contributed by atoms with E-state index < -0.39 is 77.8 Å². The molecule has 15 nitrogen and oxygen atoms in total. The van der Waals surface area contributed by atoms with E-state index in [0.29, 0.717) is 11.3 Å². The minimum atomic E-state index is -1.58. The number of oxazole rings is 1. The lowest BCUT2D eigenvalue weighted by Gasteiger charge is -2.26. The molecular weight excluding hydrogens is 602 g/mol. The van der Waals surface area contributed by atoms with Gasteiger partial charge in [-0.2, -0.15) is 0 Å². The first-order chi connectivity index (χ1) is 21.7. The number of carboxylic acids is 1. The van der Waals surface area contributed by atoms with Crippen LogP contribution in [0.4, 0.5) is 0 Å². The number of carbonyl (C=O) groups excluding carboxylic acids is 5. The quantitative estimate of drug-likeness (QED) is 0.129. The normalized spacial score (nSPS) is 13.6. The van der Waals surface area contributed by atoms with Crippen molar-refractivity contribution in [1.82, 2.24) is 26.3 Å². The molecule has 0 spiro atoms. The fraction of sp³-hybridized carbons (Fsp3) is 0.387. The van der Waals surface area contributed by atoms with Gasteiger partial charge < -0.3 is 40.6 Å². The van der Waals surface area contributed by atoms with Crippen LogP contribution in [0, 0.1) is 5.92 Å². The number of hydrogen-bond acceptors (Lipinski definition) is 10. The Morgan fingerprint density at radius 2 is 1.54 bits per heavy atom. The first kappa shape index (κ1) is 35.0. The van der Waals surface area contributed by atoms with Crippen molar-refractivity contribution in [2.75, 3.05) is 7.11 Å². The highest BCUT2D eigenvalue weighted by Crippen LogP contribution is 2.26. The molecule has 3 rings (SSSR count). The molecule has 3 aromatic rings. The lowest BCUT2D eigenvalue weighted by molar-refractivity contribution is -0.138. The van der Waals surface area contributed by atoms with Crippen LogP contribution >= 0.6 is 0 Å². The maximum absolute atomic E-state index is 13.2. The molecule has 0 aliphatic heterocycles. The Morgan fingerprint density at radius 1 is 0.870 bits per heavy atom. The highest BCUT2D eigenvalue weighted by molar-refractivity contribution is 6.03. The Labute approximate surface area is 264 Å². The minimum Gasteiger partial charge on any atom is -0.508 e. The van der Waals surface area contributed by atoms with Gasteiger partial charge in [0.1, 0.15) is 35.4 Å². The average Bonchev–Trinajstić information content (AvgIpc) is 3.43. The number of amides is 4. The summed E-state index contributed by atoms with van der Waals surface area (Å²) in [5.74, 6) is -5.59. The number of fused-ring (bicyclic) bond motifs is 1. The summed E-state index contributed by atoms with van der Waals surface area (Å²) >= 11 is 0. The molecule has 0 unspecified atom stereocenters. The summed E-state index contributed by atoms with van der Waals surface area (Å²) in [4.78, 5) is 80.1. The number of ketones is 1. The number of para-hydroxylation sites is 1. The number of ether oxygens (including phenoxy) is 1. The smallest absolute Gasteiger partial charge is 0.305 e. The standard InChI is InChI=1S/C31H37N5O10/c1-15(2)25(36-29(43)22(33-17(4)37)13-18-9-11-19(38)12-10-18)30(44)32-16(3)28(42)34-21(14-24(39)40)26(41)31-35-20-7-6-8-23(45-5)27(20)46-31/h6-12,15-16,21-22,25,38H,13-14H2,1-5H3,(H,32,44)(H,33,37)(H,34,42)(H,36,43)(H,39,40)/t16-,21-,22-,25-/m0/s1. The fourth-order valence-corrected chi connectivity index (χ4v) is 4.50. The van der Waals surface area contributed by atoms with Crippen molar-refractivity contribution >= 4 is 46.5 Å². The number of aliphatic carboxylic acids is 1. The summed E-state index contributed by atoms with van der Waals surface area (Å²) in [6.07, 6.45) is -0.722. The van der Waals surface area contributed by atoms with Gasteiger partial charge in [-0.25, -0.2) is 4.98 Å². The van der Waals surface area contributed by atoms with Gasteiger partial charge >= 0.3 is 5.97 Å². The first-order valence-electron chi connectivity index (χ1n) is 14.4. The molecule has 1 aromatic heterocycles. The number of hydrogen-bond donors (Lipinski definition) is 6. The number of phenolic OH excluding ortho intramolecular Hbond substituents is 1. The Balaban J connectivity index is 1.71. The van der Waals surface area contributed by atoms with Crippen LogP contribution in [0.2, 0.25) is 0 Å². The van der Waals surface area contributed by atoms with Gasteiger partial charge in [-0.15, -0.1) is 0 Å². The molecule has 0 aliphatic rings. The van der Waals surface area contributed by atoms with Crippen molar-refractivity contribution in [2.24, 2.45) is 5.92 Å². The van der Waals surface area contributed by atoms with E-state index in [-0.39, 0.29) is 23.3 Å². The number of aromatic nitrogens is 1. The van der Waals surface area contributed by atoms with Crippen LogP contribution in [0.1, 0.15) is 50.4 Å². The zero-order chi connectivity index (χ0) is 34.1. The maximum Gasteiger partial charge on any atom is 0.305 e. The molecule has 15 heteroatoms. The molecule has 6 N–H and O–H groups in total. The molecule has 0 saturated heterocycles. The van der Waals surface area contributed by atoms with Crippen molar-refractivity contribution in [3.63, 3.8) is 0 Å². The van der Waals surface area contributed by atoms with Gasteiger partial charge in [0.25, 0.3) is 5.89 Å². The van der Waals surface area contributed by atoms with E-state index in [4.69, 9.17) is 9.15 Å². The number of nitrogens with one attached hydrogen (secondary N) is 4. The SMILES string of the molecule is COc1cccc2nc(C(=O)[C@H](CC(=O)O)NC(=O)[C@H](C)NC(=O)[C@@H](NC(=O)[C@H](Cc3ccc(O)cc3)NC(C)=O)C(C)C)oc12. The molecule has 0 aliphatic carbocycles. The van der Waals surface area contributed by atoms with E-state index in [9.17, 15) is 39.0 Å². The van der Waals surface area contributed by atoms with Crippen molar-refractivity contribution in [2.45, 2.75) is 64.7 Å². The minimum absolute atomic E-state index is 0.0319. The summed E-state index contributed by atoms with van der Waals surface area (Å²) in [6.45, 7) is 5.90. The highest BCUT2D eigenvalue weighted by Gasteiger charge is 2.33. The molecule has 246 valence electrons. The summed E-state index contributed by atoms with van der Waals surface area (Å²) < 4.78 is 10.7. The first-order valence-corrected chi connectivity index (χ1v) is 14.4. The van der Waals surface area contributed by atoms with E-state index >= 15 is 0 Å². The van der Waals surface area contributed by atoms with Gasteiger partial charge in [-0.3, -0.25) is 28.8 Å². The lowest BCUT2D eigenvalue weighted by Crippen LogP contribution is -2.58. The summed E-state index contributed by atoms with van der Waals surface area (Å²) in [5, 5.41) is 28.9. The highest BCUT2D eigenvalue weighted by atomic mass is 16.5. The third-order valence-electron chi connectivity index (χ3n) is 6.89. The predicted octanol–water partition coefficient (Wildman–Crippen LogP) is 1.08. The number of aromatic hydroxyl groups is 1. The number of carbonyl (C=O) groups is 6. The fourth-order valence-electron chi connectivity index (χ4n) is 4.50. The average molecular weight is 640 g/mol. The second kappa shape index (κ2) is 15.5. The number of methoxy groups -OCH3 is 1. The van der Waals surface area contributed by atoms with Gasteiger partial charge in [0.15, 0.2) is 11.3 Å². The van der Waals surface area contributed by atoms with Crippen molar-refractivity contribution < 1.29 is 48.1 Å². The second-order valence-corrected chi connectivity index (χ2v) is 10.9. The van der Waals surface area contributed by atoms with Crippen LogP contribution in [-0.2, 0) is 30.4 Å². The van der Waals surface area contributed by atoms with Gasteiger partial charge in [0, 0.05) is 13.3 Å². The van der Waals surface area contributed by atoms with E-state index in [2.05, 4.69) is 26.3 Å². The molecule has 0 fully saturated rings. The molecule has 2 aromatic carbocycles. The van der Waals surface area contributed by atoms with E-state index in [1.807, 2.05) is 0 Å². The molecule has 4 amide bonds. The maximum atomic E-state index is 13.2. The number of benzene rings is 2. The van der Waals surface area contributed by atoms with Crippen LogP contribution in [-0.4, -0.2) is 81.9 Å². The Morgan fingerprint density at radius 3 is 2.13 bits per heavy atom. The zero-order valence-corrected chi connectivity index (χ0v) is 26.0. The number of phenols is 1. The molecular formula is C31H37N5O10. The molecule has 46 heavy (non-hydrogen) atoms. The summed E-state index contributed by atoms with van der Waals surface area (Å²) in [7, 11) is 1.40. The third-order valence-corrected chi connectivity index (χ3v) is 6.89. The lowest BCUT2D eigenvalue weighted by atomic mass is 10.0. The molecule has 0 radical (unpaired) electrons. The van der Waals surface area contributed by atoms with Crippen LogP contribution in [0.3, 0.4) is 0 Å². The van der Waals surface area contributed by atoms with Gasteiger partial charge in [0.2, 0.25) is 29.4 Å². The topological polar surface area (TPSA) is 226 Å². The van der Waals surface area contributed by atoms with Crippen LogP contribution in [0.15, 0.2) is 46.9 Å². The van der Waals surface area contributed by atoms with Gasteiger partial charge in [-0.05, 0) is 42.7 Å². The van der Waals surface area contributed by atoms with E-state index in [1.54, 1.807) is 44.2 Å². The monoisotopic (exact) mass is 639 g/mol. The van der Waals surface area contributed by atoms with Crippen molar-refractivity contribution in [3.8, 4) is 11.5 Å². The van der Waals surface area contributed by atoms with Crippen molar-refractivity contribution in [1.29, 1.82) is 0 Å². The Hall–Kier alpha value is -5.47. The number of nitrogens with zero attached hydrogens (tertiary/aromatic N) is 1. The van der Waals surface area contributed by atoms with Crippen molar-refractivity contribution in [3.05, 3.63) is 53.9 Å². The predicted molar refractivity (Wildman–Crippen MR) is 163 cm³/mol. The number of Topliss-reactive ketones (excluding diaryl/α,β-unsaturated/α-hetero) is 1. The molecule has 1 heterocycles. The third kappa shape index (κ3) is 9.27. The molecule has 0 saturated carbocycles. The number of carboxylic acid groups (broad SMARTS) is 1. The van der Waals surface area contributed by atoms with Gasteiger partial charge in [-0.1, -0.05) is 32.0 Å². The largest absolute Gasteiger partial charge is 0.508 e. The van der Waals surface area contributed by atoms with Crippen LogP contribution in [0.25, 0.3) is 11.1 Å². The Kier molecular flexibility index (Phi) is 11.8. The van der Waals surface area contributed by atoms with Crippen LogP contribution in [0.5, 0.6) is 11.5 Å². The summed E-state index contributed by atoms with van der Waals surface area (Å²) in [5.41, 5.74) is 1.10. The van der Waals surface area contributed by atoms with E-state index in [1.165, 1.54) is 33.1 Å².